The monoisotopic (exact) mass is 337 g/mol. The highest BCUT2D eigenvalue weighted by Gasteiger charge is 2.15. The van der Waals surface area contributed by atoms with Gasteiger partial charge in [-0.15, -0.1) is 0 Å². The Kier molecular flexibility index (Phi) is 3.46. The molecular weight excluding hydrogens is 325 g/mol. The molecule has 0 aliphatic heterocycles. The quantitative estimate of drug-likeness (QED) is 0.584. The molecule has 24 heavy (non-hydrogen) atoms. The van der Waals surface area contributed by atoms with Gasteiger partial charge in [-0.1, -0.05) is 23.5 Å². The minimum Gasteiger partial charge on any atom is -0.298 e. The second-order valence-corrected chi connectivity index (χ2v) is 6.44. The summed E-state index contributed by atoms with van der Waals surface area (Å²) in [6, 6.07) is 13.6. The van der Waals surface area contributed by atoms with Crippen LogP contribution in [0.1, 0.15) is 16.1 Å². The highest BCUT2D eigenvalue weighted by Crippen LogP contribution is 2.27. The van der Waals surface area contributed by atoms with Gasteiger partial charge < -0.3 is 0 Å². The maximum absolute atomic E-state index is 13.6. The molecule has 1 amide bonds. The van der Waals surface area contributed by atoms with Crippen LogP contribution in [0.2, 0.25) is 0 Å². The van der Waals surface area contributed by atoms with Gasteiger partial charge in [0.1, 0.15) is 5.82 Å². The fraction of sp³-hybridized carbons (Fsp3) is 0.0556. The highest BCUT2D eigenvalue weighted by molar-refractivity contribution is 7.22. The fourth-order valence-electron chi connectivity index (χ4n) is 2.61. The number of carbonyl (C=O) groups is 1. The topological polar surface area (TPSA) is 54.9 Å². The molecule has 6 heteroatoms. The maximum Gasteiger partial charge on any atom is 0.258 e. The molecule has 0 saturated heterocycles. The Bertz CT molecular complexity index is 1060. The average Bonchev–Trinajstić information content (AvgIpc) is 2.96. The molecule has 4 rings (SSSR count). The number of halogens is 1. The summed E-state index contributed by atoms with van der Waals surface area (Å²) in [5, 5.41) is 3.80. The number of para-hydroxylation sites is 1. The summed E-state index contributed by atoms with van der Waals surface area (Å²) in [7, 11) is 0. The molecule has 0 spiro atoms. The first-order valence-electron chi connectivity index (χ1n) is 7.34. The van der Waals surface area contributed by atoms with Crippen molar-refractivity contribution in [1.29, 1.82) is 0 Å². The third-order valence-corrected chi connectivity index (χ3v) is 4.61. The molecule has 0 aliphatic carbocycles. The van der Waals surface area contributed by atoms with Crippen LogP contribution in [0.4, 0.5) is 9.52 Å². The summed E-state index contributed by atoms with van der Waals surface area (Å²) in [6.07, 6.45) is 0. The van der Waals surface area contributed by atoms with Crippen molar-refractivity contribution in [2.45, 2.75) is 6.92 Å². The van der Waals surface area contributed by atoms with Crippen LogP contribution in [0.5, 0.6) is 0 Å². The van der Waals surface area contributed by atoms with Gasteiger partial charge in [-0.05, 0) is 43.3 Å². The van der Waals surface area contributed by atoms with Crippen molar-refractivity contribution in [1.82, 2.24) is 9.97 Å². The van der Waals surface area contributed by atoms with Crippen LogP contribution in [-0.4, -0.2) is 15.9 Å². The van der Waals surface area contributed by atoms with E-state index in [1.165, 1.54) is 23.5 Å². The standard InChI is InChI=1S/C18H12FN3OS/c1-10-8-13(12-9-11(19)6-7-14(12)20-10)17(23)22-18-21-15-4-2-3-5-16(15)24-18/h2-9H,1H3,(H,21,22,23). The molecule has 0 radical (unpaired) electrons. The van der Waals surface area contributed by atoms with Crippen molar-refractivity contribution in [2.75, 3.05) is 5.32 Å². The molecular formula is C18H12FN3OS. The van der Waals surface area contributed by atoms with E-state index in [9.17, 15) is 9.18 Å². The predicted molar refractivity (Wildman–Crippen MR) is 94.0 cm³/mol. The molecule has 0 saturated carbocycles. The molecule has 0 atom stereocenters. The van der Waals surface area contributed by atoms with Crippen LogP contribution in [0.3, 0.4) is 0 Å². The normalized spacial score (nSPS) is 11.1. The second-order valence-electron chi connectivity index (χ2n) is 5.41. The SMILES string of the molecule is Cc1cc(C(=O)Nc2nc3ccccc3s2)c2cc(F)ccc2n1. The van der Waals surface area contributed by atoms with Crippen LogP contribution < -0.4 is 5.32 Å². The fourth-order valence-corrected chi connectivity index (χ4v) is 3.47. The lowest BCUT2D eigenvalue weighted by atomic mass is 10.1. The summed E-state index contributed by atoms with van der Waals surface area (Å²) in [4.78, 5) is 21.4. The van der Waals surface area contributed by atoms with Gasteiger partial charge in [0, 0.05) is 11.1 Å². The summed E-state index contributed by atoms with van der Waals surface area (Å²) in [5.41, 5.74) is 2.50. The van der Waals surface area contributed by atoms with Crippen molar-refractivity contribution in [2.24, 2.45) is 0 Å². The Hall–Kier alpha value is -2.86. The van der Waals surface area contributed by atoms with E-state index in [2.05, 4.69) is 15.3 Å². The number of hydrogen-bond acceptors (Lipinski definition) is 4. The van der Waals surface area contributed by atoms with Gasteiger partial charge in [0.15, 0.2) is 5.13 Å². The highest BCUT2D eigenvalue weighted by atomic mass is 32.1. The lowest BCUT2D eigenvalue weighted by Gasteiger charge is -2.07. The van der Waals surface area contributed by atoms with E-state index in [0.29, 0.717) is 27.3 Å². The Balaban J connectivity index is 1.76. The second kappa shape index (κ2) is 5.65. The zero-order valence-electron chi connectivity index (χ0n) is 12.7. The number of fused-ring (bicyclic) bond motifs is 2. The molecule has 0 fully saturated rings. The zero-order chi connectivity index (χ0) is 16.7. The van der Waals surface area contributed by atoms with Gasteiger partial charge in [-0.3, -0.25) is 15.1 Å². The number of carbonyl (C=O) groups excluding carboxylic acids is 1. The Labute approximate surface area is 141 Å². The van der Waals surface area contributed by atoms with Crippen molar-refractivity contribution in [3.63, 3.8) is 0 Å². The molecule has 1 N–H and O–H groups in total. The lowest BCUT2D eigenvalue weighted by Crippen LogP contribution is -2.13. The largest absolute Gasteiger partial charge is 0.298 e. The summed E-state index contributed by atoms with van der Waals surface area (Å²) in [6.45, 7) is 1.80. The lowest BCUT2D eigenvalue weighted by molar-refractivity contribution is 0.102. The summed E-state index contributed by atoms with van der Waals surface area (Å²) in [5.74, 6) is -0.725. The minimum absolute atomic E-state index is 0.324. The molecule has 2 aromatic carbocycles. The molecule has 4 nitrogen and oxygen atoms in total. The summed E-state index contributed by atoms with van der Waals surface area (Å²) >= 11 is 1.40. The van der Waals surface area contributed by atoms with Gasteiger partial charge in [0.25, 0.3) is 5.91 Å². The molecule has 0 unspecified atom stereocenters. The maximum atomic E-state index is 13.6. The molecule has 0 aliphatic rings. The first kappa shape index (κ1) is 14.7. The number of aryl methyl sites for hydroxylation is 1. The molecule has 118 valence electrons. The van der Waals surface area contributed by atoms with Crippen LogP contribution in [0.15, 0.2) is 48.5 Å². The number of hydrogen-bond donors (Lipinski definition) is 1. The Morgan fingerprint density at radius 3 is 2.75 bits per heavy atom. The van der Waals surface area contributed by atoms with Crippen molar-refractivity contribution < 1.29 is 9.18 Å². The van der Waals surface area contributed by atoms with E-state index < -0.39 is 5.82 Å². The van der Waals surface area contributed by atoms with E-state index in [0.717, 1.165) is 10.2 Å². The molecule has 0 bridgehead atoms. The van der Waals surface area contributed by atoms with Gasteiger partial charge in [-0.2, -0.15) is 0 Å². The van der Waals surface area contributed by atoms with Crippen LogP contribution in [0, 0.1) is 12.7 Å². The van der Waals surface area contributed by atoms with Crippen molar-refractivity contribution in [3.8, 4) is 0 Å². The van der Waals surface area contributed by atoms with E-state index in [1.807, 2.05) is 24.3 Å². The van der Waals surface area contributed by atoms with E-state index in [1.54, 1.807) is 19.1 Å². The number of amides is 1. The van der Waals surface area contributed by atoms with Crippen molar-refractivity contribution >= 4 is 43.5 Å². The molecule has 4 aromatic rings. The molecule has 2 aromatic heterocycles. The number of thiazole rings is 1. The van der Waals surface area contributed by atoms with Crippen LogP contribution in [-0.2, 0) is 0 Å². The third-order valence-electron chi connectivity index (χ3n) is 3.66. The molecule has 2 heterocycles. The number of anilines is 1. The summed E-state index contributed by atoms with van der Waals surface area (Å²) < 4.78 is 14.6. The van der Waals surface area contributed by atoms with Crippen LogP contribution in [0.25, 0.3) is 21.1 Å². The van der Waals surface area contributed by atoms with E-state index >= 15 is 0 Å². The number of rotatable bonds is 2. The van der Waals surface area contributed by atoms with Gasteiger partial charge in [0.05, 0.1) is 21.3 Å². The van der Waals surface area contributed by atoms with Crippen molar-refractivity contribution in [3.05, 3.63) is 65.6 Å². The Morgan fingerprint density at radius 2 is 1.92 bits per heavy atom. The zero-order valence-corrected chi connectivity index (χ0v) is 13.5. The first-order chi connectivity index (χ1) is 11.6. The first-order valence-corrected chi connectivity index (χ1v) is 8.16. The van der Waals surface area contributed by atoms with E-state index in [-0.39, 0.29) is 5.91 Å². The minimum atomic E-state index is -0.401. The number of nitrogens with one attached hydrogen (secondary N) is 1. The van der Waals surface area contributed by atoms with Crippen LogP contribution >= 0.6 is 11.3 Å². The average molecular weight is 337 g/mol. The van der Waals surface area contributed by atoms with Gasteiger partial charge >= 0.3 is 0 Å². The number of benzene rings is 2. The number of pyridine rings is 1. The smallest absolute Gasteiger partial charge is 0.258 e. The Morgan fingerprint density at radius 1 is 1.08 bits per heavy atom. The third kappa shape index (κ3) is 2.61. The number of nitrogens with zero attached hydrogens (tertiary/aromatic N) is 2. The van der Waals surface area contributed by atoms with Gasteiger partial charge in [0.2, 0.25) is 0 Å². The predicted octanol–water partition coefficient (Wildman–Crippen LogP) is 4.54. The van der Waals surface area contributed by atoms with Gasteiger partial charge in [-0.25, -0.2) is 9.37 Å². The van der Waals surface area contributed by atoms with E-state index in [4.69, 9.17) is 0 Å². The number of aromatic nitrogens is 2.